The maximum absolute atomic E-state index is 2.41. The molecule has 0 aliphatic heterocycles. The Bertz CT molecular complexity index is 2520. The predicted octanol–water partition coefficient (Wildman–Crippen LogP) is 13.5. The van der Waals surface area contributed by atoms with E-state index in [1.807, 2.05) is 0 Å². The molecule has 0 radical (unpaired) electrons. The lowest BCUT2D eigenvalue weighted by Gasteiger charge is -2.20. The van der Waals surface area contributed by atoms with Crippen LogP contribution in [0.1, 0.15) is 0 Å². The third-order valence-corrected chi connectivity index (χ3v) is 9.61. The first kappa shape index (κ1) is 28.0. The number of fused-ring (bicyclic) bond motifs is 3. The zero-order valence-electron chi connectivity index (χ0n) is 26.5. The summed E-state index contributed by atoms with van der Waals surface area (Å²) in [6, 6.07) is 70.9. The summed E-state index contributed by atoms with van der Waals surface area (Å²) in [6.07, 6.45) is 0. The van der Waals surface area contributed by atoms with Crippen LogP contribution in [0, 0.1) is 0 Å². The summed E-state index contributed by atoms with van der Waals surface area (Å²) in [5.41, 5.74) is 12.3. The molecule has 0 spiro atoms. The Morgan fingerprint density at radius 1 is 0.188 bits per heavy atom. The first-order chi connectivity index (χ1) is 23.8. The average molecular weight is 609 g/mol. The third kappa shape index (κ3) is 4.96. The molecule has 9 aromatic carbocycles. The van der Waals surface area contributed by atoms with Crippen molar-refractivity contribution in [2.45, 2.75) is 0 Å². The van der Waals surface area contributed by atoms with Gasteiger partial charge in [-0.1, -0.05) is 164 Å². The van der Waals surface area contributed by atoms with E-state index in [4.69, 9.17) is 0 Å². The molecule has 48 heavy (non-hydrogen) atoms. The predicted molar refractivity (Wildman–Crippen MR) is 206 cm³/mol. The minimum absolute atomic E-state index is 1.21. The van der Waals surface area contributed by atoms with Crippen molar-refractivity contribution in [1.29, 1.82) is 0 Å². The fourth-order valence-corrected chi connectivity index (χ4v) is 7.32. The molecular formula is C48H32. The standard InChI is InChI=1S/C48H32/c1-4-14-33(15-5-1)38-26-27-45-46(32-38)48(42-30-40(34-16-6-2-7-17-34)29-41(31-42)35-18-8-3-9-19-35)44-23-13-12-22-43(44)47(45)39-25-24-36-20-10-11-21-37(36)28-39/h1-32H. The SMILES string of the molecule is c1ccc(-c2cc(-c3ccccc3)cc(-c3c4ccccc4c(-c4ccc5ccccc5c4)c4ccc(-c5ccccc5)cc34)c2)cc1. The molecule has 0 heterocycles. The molecule has 0 bridgehead atoms. The average Bonchev–Trinajstić information content (AvgIpc) is 3.17. The molecule has 0 N–H and O–H groups in total. The number of hydrogen-bond donors (Lipinski definition) is 0. The summed E-state index contributed by atoms with van der Waals surface area (Å²) >= 11 is 0. The Morgan fingerprint density at radius 3 is 1.23 bits per heavy atom. The molecule has 0 aromatic heterocycles. The molecular weight excluding hydrogens is 577 g/mol. The normalized spacial score (nSPS) is 11.3. The highest BCUT2D eigenvalue weighted by molar-refractivity contribution is 6.22. The second kappa shape index (κ2) is 11.8. The lowest BCUT2D eigenvalue weighted by atomic mass is 9.83. The number of rotatable bonds is 5. The maximum Gasteiger partial charge on any atom is -0.00257 e. The highest BCUT2D eigenvalue weighted by atomic mass is 14.2. The second-order valence-electron chi connectivity index (χ2n) is 12.5. The van der Waals surface area contributed by atoms with E-state index < -0.39 is 0 Å². The van der Waals surface area contributed by atoms with Gasteiger partial charge in [-0.05, 0) is 118 Å². The zero-order valence-corrected chi connectivity index (χ0v) is 26.5. The minimum atomic E-state index is 1.21. The van der Waals surface area contributed by atoms with Gasteiger partial charge >= 0.3 is 0 Å². The lowest BCUT2D eigenvalue weighted by Crippen LogP contribution is -1.93. The molecule has 0 heteroatoms. The molecule has 0 unspecified atom stereocenters. The van der Waals surface area contributed by atoms with Crippen molar-refractivity contribution in [2.24, 2.45) is 0 Å². The topological polar surface area (TPSA) is 0 Å². The van der Waals surface area contributed by atoms with Gasteiger partial charge in [0.2, 0.25) is 0 Å². The van der Waals surface area contributed by atoms with E-state index in [0.29, 0.717) is 0 Å². The molecule has 224 valence electrons. The van der Waals surface area contributed by atoms with Crippen molar-refractivity contribution in [3.05, 3.63) is 194 Å². The first-order valence-corrected chi connectivity index (χ1v) is 16.6. The van der Waals surface area contributed by atoms with E-state index in [0.717, 1.165) is 0 Å². The Hall–Kier alpha value is -6.24. The van der Waals surface area contributed by atoms with Gasteiger partial charge in [-0.25, -0.2) is 0 Å². The van der Waals surface area contributed by atoms with Crippen LogP contribution in [0.5, 0.6) is 0 Å². The van der Waals surface area contributed by atoms with Crippen molar-refractivity contribution in [2.75, 3.05) is 0 Å². The van der Waals surface area contributed by atoms with Gasteiger partial charge in [-0.2, -0.15) is 0 Å². The molecule has 0 aliphatic carbocycles. The van der Waals surface area contributed by atoms with E-state index in [1.165, 1.54) is 88.0 Å². The monoisotopic (exact) mass is 608 g/mol. The van der Waals surface area contributed by atoms with Crippen molar-refractivity contribution in [1.82, 2.24) is 0 Å². The van der Waals surface area contributed by atoms with E-state index in [2.05, 4.69) is 194 Å². The van der Waals surface area contributed by atoms with Crippen LogP contribution in [-0.4, -0.2) is 0 Å². The molecule has 0 amide bonds. The fourth-order valence-electron chi connectivity index (χ4n) is 7.32. The van der Waals surface area contributed by atoms with Crippen molar-refractivity contribution < 1.29 is 0 Å². The molecule has 0 nitrogen and oxygen atoms in total. The van der Waals surface area contributed by atoms with E-state index in [9.17, 15) is 0 Å². The molecule has 0 saturated heterocycles. The van der Waals surface area contributed by atoms with Gasteiger partial charge in [0, 0.05) is 0 Å². The lowest BCUT2D eigenvalue weighted by molar-refractivity contribution is 1.58. The zero-order chi connectivity index (χ0) is 31.9. The summed E-state index contributed by atoms with van der Waals surface area (Å²) in [5.74, 6) is 0. The highest BCUT2D eigenvalue weighted by Gasteiger charge is 2.19. The molecule has 0 atom stereocenters. The van der Waals surface area contributed by atoms with Crippen molar-refractivity contribution >= 4 is 32.3 Å². The summed E-state index contributed by atoms with van der Waals surface area (Å²) in [4.78, 5) is 0. The van der Waals surface area contributed by atoms with E-state index >= 15 is 0 Å². The Kier molecular flexibility index (Phi) is 6.91. The number of benzene rings is 9. The smallest absolute Gasteiger partial charge is 0.00257 e. The van der Waals surface area contributed by atoms with Gasteiger partial charge in [0.05, 0.1) is 0 Å². The number of hydrogen-bond acceptors (Lipinski definition) is 0. The van der Waals surface area contributed by atoms with Crippen LogP contribution in [0.15, 0.2) is 194 Å². The van der Waals surface area contributed by atoms with Gasteiger partial charge in [0.25, 0.3) is 0 Å². The summed E-state index contributed by atoms with van der Waals surface area (Å²) in [5, 5.41) is 7.52. The molecule has 0 fully saturated rings. The Balaban J connectivity index is 1.41. The van der Waals surface area contributed by atoms with Crippen LogP contribution < -0.4 is 0 Å². The van der Waals surface area contributed by atoms with E-state index in [-0.39, 0.29) is 0 Å². The van der Waals surface area contributed by atoms with Crippen molar-refractivity contribution in [3.63, 3.8) is 0 Å². The van der Waals surface area contributed by atoms with E-state index in [1.54, 1.807) is 0 Å². The third-order valence-electron chi connectivity index (χ3n) is 9.61. The highest BCUT2D eigenvalue weighted by Crippen LogP contribution is 2.46. The minimum Gasteiger partial charge on any atom is -0.0622 e. The van der Waals surface area contributed by atoms with Crippen LogP contribution in [0.3, 0.4) is 0 Å². The molecule has 9 rings (SSSR count). The fraction of sp³-hybridized carbons (Fsp3) is 0. The largest absolute Gasteiger partial charge is 0.0622 e. The van der Waals surface area contributed by atoms with Crippen LogP contribution >= 0.6 is 0 Å². The molecule has 0 aliphatic rings. The van der Waals surface area contributed by atoms with Crippen LogP contribution in [0.4, 0.5) is 0 Å². The Labute approximate surface area is 281 Å². The van der Waals surface area contributed by atoms with Crippen LogP contribution in [0.2, 0.25) is 0 Å². The summed E-state index contributed by atoms with van der Waals surface area (Å²) in [7, 11) is 0. The van der Waals surface area contributed by atoms with Gasteiger partial charge < -0.3 is 0 Å². The molecule has 0 saturated carbocycles. The quantitative estimate of drug-likeness (QED) is 0.171. The van der Waals surface area contributed by atoms with Gasteiger partial charge in [0.15, 0.2) is 0 Å². The summed E-state index contributed by atoms with van der Waals surface area (Å²) < 4.78 is 0. The Morgan fingerprint density at radius 2 is 0.625 bits per heavy atom. The molecule has 9 aromatic rings. The van der Waals surface area contributed by atoms with Crippen LogP contribution in [-0.2, 0) is 0 Å². The van der Waals surface area contributed by atoms with Gasteiger partial charge in [0.1, 0.15) is 0 Å². The van der Waals surface area contributed by atoms with Gasteiger partial charge in [-0.15, -0.1) is 0 Å². The second-order valence-corrected chi connectivity index (χ2v) is 12.5. The van der Waals surface area contributed by atoms with Gasteiger partial charge in [-0.3, -0.25) is 0 Å². The van der Waals surface area contributed by atoms with Crippen molar-refractivity contribution in [3.8, 4) is 55.6 Å². The van der Waals surface area contributed by atoms with Crippen LogP contribution in [0.25, 0.3) is 88.0 Å². The summed E-state index contributed by atoms with van der Waals surface area (Å²) in [6.45, 7) is 0. The maximum atomic E-state index is 2.41. The first-order valence-electron chi connectivity index (χ1n) is 16.6.